The van der Waals surface area contributed by atoms with Crippen LogP contribution in [0.4, 0.5) is 26.3 Å². The Labute approximate surface area is 213 Å². The van der Waals surface area contributed by atoms with Crippen LogP contribution < -0.4 is 10.9 Å². The summed E-state index contributed by atoms with van der Waals surface area (Å²) < 4.78 is 100. The van der Waals surface area contributed by atoms with Gasteiger partial charge in [-0.1, -0.05) is 36.4 Å². The highest BCUT2D eigenvalue weighted by atomic mass is 19.4. The number of fused-ring (bicyclic) bond motifs is 4. The fourth-order valence-electron chi connectivity index (χ4n) is 5.05. The average molecular weight is 540 g/mol. The lowest BCUT2D eigenvalue weighted by Crippen LogP contribution is -2.54. The number of alkyl halides is 6. The maximum Gasteiger partial charge on any atom is 0.411 e. The minimum atomic E-state index is -5.93. The van der Waals surface area contributed by atoms with Gasteiger partial charge in [0, 0.05) is 0 Å². The third kappa shape index (κ3) is 3.47. The first-order valence-corrected chi connectivity index (χ1v) is 11.5. The molecule has 39 heavy (non-hydrogen) atoms. The van der Waals surface area contributed by atoms with Gasteiger partial charge < -0.3 is 8.83 Å². The van der Waals surface area contributed by atoms with Gasteiger partial charge in [0.1, 0.15) is 22.3 Å². The highest BCUT2D eigenvalue weighted by Gasteiger charge is 2.72. The molecule has 4 nitrogen and oxygen atoms in total. The van der Waals surface area contributed by atoms with Gasteiger partial charge in [-0.15, -0.1) is 0 Å². The van der Waals surface area contributed by atoms with Crippen molar-refractivity contribution in [1.29, 1.82) is 0 Å². The summed E-state index contributed by atoms with van der Waals surface area (Å²) in [5, 5.41) is -0.894. The van der Waals surface area contributed by atoms with Gasteiger partial charge in [-0.2, -0.15) is 26.3 Å². The molecule has 0 saturated heterocycles. The highest BCUT2D eigenvalue weighted by molar-refractivity contribution is 5.91. The van der Waals surface area contributed by atoms with Crippen LogP contribution in [0, 0.1) is 0 Å². The Morgan fingerprint density at radius 3 is 1.21 bits per heavy atom. The fourth-order valence-corrected chi connectivity index (χ4v) is 5.05. The summed E-state index contributed by atoms with van der Waals surface area (Å²) in [6, 6.07) is 16.0. The SMILES string of the molecule is O=c1c2ccccc2oc2ccc(C(c3ccc4oc5ccccc5c(=O)c4c3)(C(F)(F)F)C(F)(F)F)cc12. The Kier molecular flexibility index (Phi) is 5.20. The Morgan fingerprint density at radius 2 is 0.821 bits per heavy atom. The third-order valence-corrected chi connectivity index (χ3v) is 6.87. The molecule has 0 atom stereocenters. The lowest BCUT2D eigenvalue weighted by atomic mass is 9.72. The normalized spacial score (nSPS) is 13.1. The van der Waals surface area contributed by atoms with Crippen LogP contribution in [0.2, 0.25) is 0 Å². The van der Waals surface area contributed by atoms with E-state index in [1.54, 1.807) is 12.1 Å². The molecule has 0 fully saturated rings. The highest BCUT2D eigenvalue weighted by Crippen LogP contribution is 2.56. The van der Waals surface area contributed by atoms with Crippen LogP contribution in [-0.2, 0) is 5.41 Å². The van der Waals surface area contributed by atoms with E-state index in [-0.39, 0.29) is 33.1 Å². The van der Waals surface area contributed by atoms with E-state index >= 15 is 0 Å². The van der Waals surface area contributed by atoms with E-state index in [4.69, 9.17) is 8.83 Å². The minimum absolute atomic E-state index is 0.00181. The topological polar surface area (TPSA) is 60.4 Å². The monoisotopic (exact) mass is 540 g/mol. The molecule has 2 heterocycles. The van der Waals surface area contributed by atoms with E-state index < -0.39 is 50.5 Å². The van der Waals surface area contributed by atoms with Crippen molar-refractivity contribution < 1.29 is 35.2 Å². The van der Waals surface area contributed by atoms with E-state index in [2.05, 4.69) is 0 Å². The van der Waals surface area contributed by atoms with Gasteiger partial charge in [-0.25, -0.2) is 0 Å². The van der Waals surface area contributed by atoms with Crippen LogP contribution in [0.5, 0.6) is 0 Å². The van der Waals surface area contributed by atoms with Gasteiger partial charge in [-0.05, 0) is 59.7 Å². The molecule has 0 aliphatic rings. The predicted molar refractivity (Wildman–Crippen MR) is 133 cm³/mol. The number of hydrogen-bond donors (Lipinski definition) is 0. The number of halogens is 6. The lowest BCUT2D eigenvalue weighted by molar-refractivity contribution is -0.288. The van der Waals surface area contributed by atoms with E-state index in [0.717, 1.165) is 12.1 Å². The Balaban J connectivity index is 1.72. The van der Waals surface area contributed by atoms with Gasteiger partial charge in [0.2, 0.25) is 16.3 Å². The van der Waals surface area contributed by atoms with Gasteiger partial charge in [0.15, 0.2) is 0 Å². The van der Waals surface area contributed by atoms with Crippen LogP contribution in [0.15, 0.2) is 103 Å². The van der Waals surface area contributed by atoms with Crippen molar-refractivity contribution in [2.24, 2.45) is 0 Å². The van der Waals surface area contributed by atoms with Crippen LogP contribution in [0.3, 0.4) is 0 Å². The first-order valence-electron chi connectivity index (χ1n) is 11.5. The van der Waals surface area contributed by atoms with Gasteiger partial charge in [0.05, 0.1) is 21.5 Å². The molecule has 0 radical (unpaired) electrons. The van der Waals surface area contributed by atoms with Crippen LogP contribution >= 0.6 is 0 Å². The summed E-state index contributed by atoms with van der Waals surface area (Å²) in [6.07, 6.45) is -11.9. The first-order chi connectivity index (χ1) is 18.4. The van der Waals surface area contributed by atoms with Crippen LogP contribution in [0.25, 0.3) is 43.9 Å². The van der Waals surface area contributed by atoms with Gasteiger partial charge in [-0.3, -0.25) is 9.59 Å². The molecule has 0 unspecified atom stereocenters. The van der Waals surface area contributed by atoms with Crippen molar-refractivity contribution in [3.63, 3.8) is 0 Å². The summed E-state index contributed by atoms with van der Waals surface area (Å²) >= 11 is 0. The van der Waals surface area contributed by atoms with Crippen LogP contribution in [-0.4, -0.2) is 12.4 Å². The minimum Gasteiger partial charge on any atom is -0.456 e. The fraction of sp³-hybridized carbons (Fsp3) is 0.103. The lowest BCUT2D eigenvalue weighted by Gasteiger charge is -2.38. The maximum absolute atomic E-state index is 14.8. The van der Waals surface area contributed by atoms with E-state index in [0.29, 0.717) is 24.3 Å². The van der Waals surface area contributed by atoms with E-state index in [1.165, 1.54) is 36.4 Å². The predicted octanol–water partition coefficient (Wildman–Crippen LogP) is 7.62. The second kappa shape index (κ2) is 8.20. The van der Waals surface area contributed by atoms with E-state index in [9.17, 15) is 35.9 Å². The average Bonchev–Trinajstić information content (AvgIpc) is 2.88. The second-order valence-electron chi connectivity index (χ2n) is 9.02. The zero-order valence-electron chi connectivity index (χ0n) is 19.5. The third-order valence-electron chi connectivity index (χ3n) is 6.87. The summed E-state index contributed by atoms with van der Waals surface area (Å²) in [5.41, 5.74) is -8.72. The van der Waals surface area contributed by atoms with Gasteiger partial charge in [0.25, 0.3) is 0 Å². The van der Waals surface area contributed by atoms with Crippen molar-refractivity contribution in [3.05, 3.63) is 117 Å². The first kappa shape index (κ1) is 24.7. The maximum atomic E-state index is 14.8. The standard InChI is InChI=1S/C29H14F6O4/c30-28(31,32)27(29(33,34)35,15-9-11-23-19(13-15)25(36)17-5-1-3-7-21(17)38-23)16-10-12-24-20(14-16)26(37)18-6-2-4-8-22(18)39-24/h1-14H. The molecular formula is C29H14F6O4. The molecule has 6 rings (SSSR count). The summed E-state index contributed by atoms with van der Waals surface area (Å²) in [6.45, 7) is 0. The molecule has 0 amide bonds. The Bertz CT molecular complexity index is 1900. The number of para-hydroxylation sites is 2. The Morgan fingerprint density at radius 1 is 0.462 bits per heavy atom. The zero-order valence-corrected chi connectivity index (χ0v) is 19.5. The molecule has 196 valence electrons. The molecule has 4 aromatic carbocycles. The van der Waals surface area contributed by atoms with Crippen molar-refractivity contribution in [2.45, 2.75) is 17.8 Å². The largest absolute Gasteiger partial charge is 0.456 e. The molecular weight excluding hydrogens is 526 g/mol. The summed E-state index contributed by atoms with van der Waals surface area (Å²) in [4.78, 5) is 26.1. The molecule has 0 bridgehead atoms. The second-order valence-corrected chi connectivity index (χ2v) is 9.02. The Hall–Kier alpha value is -4.60. The quantitative estimate of drug-likeness (QED) is 0.168. The van der Waals surface area contributed by atoms with E-state index in [1.807, 2.05) is 0 Å². The molecule has 10 heteroatoms. The van der Waals surface area contributed by atoms with Gasteiger partial charge >= 0.3 is 12.4 Å². The molecule has 0 aliphatic carbocycles. The smallest absolute Gasteiger partial charge is 0.411 e. The molecule has 0 N–H and O–H groups in total. The molecule has 0 saturated carbocycles. The number of rotatable bonds is 2. The molecule has 0 aliphatic heterocycles. The summed E-state index contributed by atoms with van der Waals surface area (Å²) in [5.74, 6) is 0. The van der Waals surface area contributed by atoms with Crippen LogP contribution in [0.1, 0.15) is 11.1 Å². The summed E-state index contributed by atoms with van der Waals surface area (Å²) in [7, 11) is 0. The van der Waals surface area contributed by atoms with Crippen molar-refractivity contribution in [1.82, 2.24) is 0 Å². The number of hydrogen-bond acceptors (Lipinski definition) is 4. The van der Waals surface area contributed by atoms with Crippen molar-refractivity contribution in [3.8, 4) is 0 Å². The molecule has 0 spiro atoms. The molecule has 2 aromatic heterocycles. The molecule has 6 aromatic rings. The van der Waals surface area contributed by atoms with Crippen molar-refractivity contribution >= 4 is 43.9 Å². The van der Waals surface area contributed by atoms with Crippen molar-refractivity contribution in [2.75, 3.05) is 0 Å². The zero-order chi connectivity index (χ0) is 27.7. The number of benzene rings is 4.